The lowest BCUT2D eigenvalue weighted by Gasteiger charge is -1.82. The van der Waals surface area contributed by atoms with E-state index in [9.17, 15) is 0 Å². The van der Waals surface area contributed by atoms with E-state index in [1.54, 1.807) is 0 Å². The molecule has 0 atom stereocenters. The van der Waals surface area contributed by atoms with E-state index in [0.717, 1.165) is 17.9 Å². The second-order valence-corrected chi connectivity index (χ2v) is 2.60. The van der Waals surface area contributed by atoms with Gasteiger partial charge in [0.25, 0.3) is 0 Å². The van der Waals surface area contributed by atoms with Gasteiger partial charge < -0.3 is 5.84 Å². The largest absolute Gasteiger partial charge is 0.323 e. The number of nitrogens with zero attached hydrogens (tertiary/aromatic N) is 1. The Morgan fingerprint density at radius 3 is 2.86 bits per heavy atom. The lowest BCUT2D eigenvalue weighted by Crippen LogP contribution is -1.97. The minimum absolute atomic E-state index is 1.05. The second kappa shape index (κ2) is 2.21. The third-order valence-corrected chi connectivity index (χ3v) is 2.02. The van der Waals surface area contributed by atoms with Crippen molar-refractivity contribution < 1.29 is 0 Å². The quantitative estimate of drug-likeness (QED) is 0.368. The molecule has 0 aliphatic carbocycles. The molecule has 2 nitrogen and oxygen atoms in total. The predicted octanol–water partition coefficient (Wildman–Crippen LogP) is 0.438. The summed E-state index contributed by atoms with van der Waals surface area (Å²) in [6, 6.07) is 0. The molecule has 2 N–H and O–H groups in total. The maximum absolute atomic E-state index is 5.01. The zero-order chi connectivity index (χ0) is 5.11. The van der Waals surface area contributed by atoms with Crippen LogP contribution in [0, 0.1) is 0 Å². The Hall–Kier alpha value is -0.180. The van der Waals surface area contributed by atoms with Crippen molar-refractivity contribution in [1.29, 1.82) is 0 Å². The number of hydrogen-bond acceptors (Lipinski definition) is 3. The topological polar surface area (TPSA) is 38.4 Å². The predicted molar refractivity (Wildman–Crippen MR) is 33.6 cm³/mol. The minimum atomic E-state index is 1.05. The zero-order valence-electron chi connectivity index (χ0n) is 4.05. The molecule has 0 bridgehead atoms. The van der Waals surface area contributed by atoms with Crippen LogP contribution in [0.1, 0.15) is 6.42 Å². The molecule has 1 rings (SSSR count). The van der Waals surface area contributed by atoms with Crippen molar-refractivity contribution in [2.45, 2.75) is 6.42 Å². The molecular formula is C4H8N2S. The van der Waals surface area contributed by atoms with E-state index in [1.807, 2.05) is 11.8 Å². The van der Waals surface area contributed by atoms with Gasteiger partial charge in [0.2, 0.25) is 0 Å². The molecule has 3 heteroatoms. The van der Waals surface area contributed by atoms with Gasteiger partial charge >= 0.3 is 0 Å². The summed E-state index contributed by atoms with van der Waals surface area (Å²) in [6.07, 6.45) is 1.10. The molecule has 0 amide bonds. The van der Waals surface area contributed by atoms with Crippen LogP contribution in [0.25, 0.3) is 0 Å². The number of hydrazone groups is 1. The molecule has 1 saturated heterocycles. The van der Waals surface area contributed by atoms with Gasteiger partial charge in [-0.3, -0.25) is 0 Å². The monoisotopic (exact) mass is 116 g/mol. The fourth-order valence-electron chi connectivity index (χ4n) is 0.554. The Kier molecular flexibility index (Phi) is 1.57. The standard InChI is InChI=1S/C4H8N2S/c5-6-4-1-2-7-3-4/h1-3,5H2/b6-4+. The molecule has 40 valence electrons. The van der Waals surface area contributed by atoms with Crippen molar-refractivity contribution in [3.05, 3.63) is 0 Å². The van der Waals surface area contributed by atoms with Crippen LogP contribution in [0.4, 0.5) is 0 Å². The highest BCUT2D eigenvalue weighted by Crippen LogP contribution is 2.12. The van der Waals surface area contributed by atoms with Crippen LogP contribution in [-0.2, 0) is 0 Å². The lowest BCUT2D eigenvalue weighted by molar-refractivity contribution is 1.19. The third kappa shape index (κ3) is 1.09. The normalized spacial score (nSPS) is 26.6. The van der Waals surface area contributed by atoms with Crippen LogP contribution in [-0.4, -0.2) is 17.2 Å². The van der Waals surface area contributed by atoms with Gasteiger partial charge in [0.05, 0.1) is 0 Å². The Morgan fingerprint density at radius 2 is 2.57 bits per heavy atom. The highest BCUT2D eigenvalue weighted by atomic mass is 32.2. The van der Waals surface area contributed by atoms with Crippen molar-refractivity contribution in [1.82, 2.24) is 0 Å². The molecule has 0 spiro atoms. The number of thioether (sulfide) groups is 1. The first-order valence-electron chi connectivity index (χ1n) is 2.27. The fraction of sp³-hybridized carbons (Fsp3) is 0.750. The van der Waals surface area contributed by atoms with E-state index in [1.165, 1.54) is 5.75 Å². The molecule has 1 aliphatic heterocycles. The van der Waals surface area contributed by atoms with Gasteiger partial charge in [-0.2, -0.15) is 16.9 Å². The number of rotatable bonds is 0. The van der Waals surface area contributed by atoms with E-state index in [4.69, 9.17) is 5.84 Å². The van der Waals surface area contributed by atoms with Crippen LogP contribution < -0.4 is 5.84 Å². The highest BCUT2D eigenvalue weighted by Gasteiger charge is 2.06. The summed E-state index contributed by atoms with van der Waals surface area (Å²) in [5, 5.41) is 3.58. The van der Waals surface area contributed by atoms with Crippen molar-refractivity contribution in [2.75, 3.05) is 11.5 Å². The summed E-state index contributed by atoms with van der Waals surface area (Å²) >= 11 is 1.90. The van der Waals surface area contributed by atoms with Gasteiger partial charge in [-0.25, -0.2) is 0 Å². The molecule has 0 radical (unpaired) electrons. The van der Waals surface area contributed by atoms with Crippen LogP contribution in [0.15, 0.2) is 5.10 Å². The fourth-order valence-corrected chi connectivity index (χ4v) is 1.53. The van der Waals surface area contributed by atoms with Crippen LogP contribution in [0.2, 0.25) is 0 Å². The van der Waals surface area contributed by atoms with Crippen molar-refractivity contribution >= 4 is 17.5 Å². The average Bonchev–Trinajstić information content (AvgIpc) is 2.14. The lowest BCUT2D eigenvalue weighted by atomic mass is 10.3. The molecule has 0 aromatic rings. The Bertz CT molecular complexity index is 81.7. The Balaban J connectivity index is 2.41. The first kappa shape index (κ1) is 4.97. The van der Waals surface area contributed by atoms with Crippen molar-refractivity contribution in [3.63, 3.8) is 0 Å². The Labute approximate surface area is 47.2 Å². The van der Waals surface area contributed by atoms with Crippen molar-refractivity contribution in [2.24, 2.45) is 10.9 Å². The van der Waals surface area contributed by atoms with Crippen LogP contribution >= 0.6 is 11.8 Å². The van der Waals surface area contributed by atoms with E-state index in [2.05, 4.69) is 5.10 Å². The summed E-state index contributed by atoms with van der Waals surface area (Å²) < 4.78 is 0. The van der Waals surface area contributed by atoms with Crippen LogP contribution in [0.5, 0.6) is 0 Å². The van der Waals surface area contributed by atoms with Crippen LogP contribution in [0.3, 0.4) is 0 Å². The van der Waals surface area contributed by atoms with Gasteiger partial charge in [0.15, 0.2) is 0 Å². The molecule has 1 heterocycles. The zero-order valence-corrected chi connectivity index (χ0v) is 4.87. The van der Waals surface area contributed by atoms with E-state index < -0.39 is 0 Å². The maximum Gasteiger partial charge on any atom is 0.0482 e. The molecule has 7 heavy (non-hydrogen) atoms. The highest BCUT2D eigenvalue weighted by molar-refractivity contribution is 8.00. The van der Waals surface area contributed by atoms with Gasteiger partial charge in [0.1, 0.15) is 0 Å². The molecule has 0 aromatic heterocycles. The second-order valence-electron chi connectivity index (χ2n) is 1.50. The molecule has 0 unspecified atom stereocenters. The summed E-state index contributed by atoms with van der Waals surface area (Å²) in [5.41, 5.74) is 1.16. The Morgan fingerprint density at radius 1 is 1.71 bits per heavy atom. The first-order valence-corrected chi connectivity index (χ1v) is 3.42. The van der Waals surface area contributed by atoms with E-state index >= 15 is 0 Å². The summed E-state index contributed by atoms with van der Waals surface area (Å²) in [6.45, 7) is 0. The van der Waals surface area contributed by atoms with Gasteiger partial charge in [-0.05, 0) is 12.2 Å². The van der Waals surface area contributed by atoms with E-state index in [-0.39, 0.29) is 0 Å². The van der Waals surface area contributed by atoms with Gasteiger partial charge in [-0.1, -0.05) is 0 Å². The molecular weight excluding hydrogens is 108 g/mol. The summed E-state index contributed by atoms with van der Waals surface area (Å²) in [5.74, 6) is 7.26. The molecule has 0 saturated carbocycles. The number of hydrogen-bond donors (Lipinski definition) is 1. The first-order chi connectivity index (χ1) is 3.43. The summed E-state index contributed by atoms with van der Waals surface area (Å²) in [7, 11) is 0. The molecule has 0 aromatic carbocycles. The van der Waals surface area contributed by atoms with Gasteiger partial charge in [-0.15, -0.1) is 0 Å². The van der Waals surface area contributed by atoms with Gasteiger partial charge in [0, 0.05) is 11.5 Å². The minimum Gasteiger partial charge on any atom is -0.323 e. The van der Waals surface area contributed by atoms with Crippen molar-refractivity contribution in [3.8, 4) is 0 Å². The SMILES string of the molecule is N/N=C1\CCSC1. The van der Waals surface area contributed by atoms with E-state index in [0.29, 0.717) is 0 Å². The average molecular weight is 116 g/mol. The maximum atomic E-state index is 5.01. The molecule has 1 fully saturated rings. The third-order valence-electron chi connectivity index (χ3n) is 0.986. The summed E-state index contributed by atoms with van der Waals surface area (Å²) in [4.78, 5) is 0. The molecule has 1 aliphatic rings. The number of nitrogens with two attached hydrogens (primary N) is 1. The smallest absolute Gasteiger partial charge is 0.0482 e.